The third-order valence-corrected chi connectivity index (χ3v) is 4.22. The quantitative estimate of drug-likeness (QED) is 0.543. The van der Waals surface area contributed by atoms with E-state index in [4.69, 9.17) is 0 Å². The summed E-state index contributed by atoms with van der Waals surface area (Å²) >= 11 is 0. The van der Waals surface area contributed by atoms with Gasteiger partial charge in [0.05, 0.1) is 0 Å². The van der Waals surface area contributed by atoms with Crippen LogP contribution in [0.15, 0.2) is 0 Å². The van der Waals surface area contributed by atoms with Crippen molar-refractivity contribution in [2.45, 2.75) is 72.1 Å². The van der Waals surface area contributed by atoms with Crippen LogP contribution in [0.3, 0.4) is 0 Å². The zero-order chi connectivity index (χ0) is 12.0. The molecule has 2 radical (unpaired) electrons. The Bertz CT molecular complexity index is 174. The second-order valence-electron chi connectivity index (χ2n) is 6.22. The first-order chi connectivity index (χ1) is 7.56. The lowest BCUT2D eigenvalue weighted by molar-refractivity contribution is 0.287. The Morgan fingerprint density at radius 3 is 2.25 bits per heavy atom. The van der Waals surface area contributed by atoms with E-state index in [0.717, 1.165) is 5.92 Å². The molecule has 0 saturated heterocycles. The Kier molecular flexibility index (Phi) is 5.86. The van der Waals surface area contributed by atoms with Crippen molar-refractivity contribution in [2.75, 3.05) is 0 Å². The Morgan fingerprint density at radius 2 is 1.75 bits per heavy atom. The minimum atomic E-state index is 0.517. The Morgan fingerprint density at radius 1 is 1.19 bits per heavy atom. The lowest BCUT2D eigenvalue weighted by Crippen LogP contribution is -2.21. The van der Waals surface area contributed by atoms with Crippen LogP contribution < -0.4 is 0 Å². The smallest absolute Gasteiger partial charge is 0.0292 e. The van der Waals surface area contributed by atoms with Crippen molar-refractivity contribution >= 4 is 0 Å². The maximum Gasteiger partial charge on any atom is -0.0292 e. The van der Waals surface area contributed by atoms with Gasteiger partial charge in [0.1, 0.15) is 0 Å². The lowest BCUT2D eigenvalue weighted by atomic mass is 9.74. The molecule has 0 N–H and O–H groups in total. The van der Waals surface area contributed by atoms with Crippen molar-refractivity contribution < 1.29 is 0 Å². The van der Waals surface area contributed by atoms with Crippen LogP contribution in [0.25, 0.3) is 0 Å². The van der Waals surface area contributed by atoms with Gasteiger partial charge in [-0.25, -0.2) is 0 Å². The normalized spacial score (nSPS) is 24.8. The summed E-state index contributed by atoms with van der Waals surface area (Å²) in [4.78, 5) is 0. The van der Waals surface area contributed by atoms with E-state index in [0.29, 0.717) is 11.3 Å². The van der Waals surface area contributed by atoms with Crippen LogP contribution >= 0.6 is 0 Å². The molecule has 94 valence electrons. The predicted octanol–water partition coefficient (Wildman–Crippen LogP) is 5.44. The first-order valence-electron chi connectivity index (χ1n) is 7.25. The van der Waals surface area contributed by atoms with Gasteiger partial charge in [-0.15, -0.1) is 0 Å². The molecule has 1 aliphatic rings. The molecule has 0 bridgehead atoms. The lowest BCUT2D eigenvalue weighted by Gasteiger charge is -2.31. The summed E-state index contributed by atoms with van der Waals surface area (Å²) in [5.74, 6) is 1.38. The fourth-order valence-electron chi connectivity index (χ4n) is 3.15. The SMILES string of the molecule is [CH2]C(CC)CC(C)[CH]C1(C)CCCCCC1. The zero-order valence-corrected chi connectivity index (χ0v) is 11.6. The summed E-state index contributed by atoms with van der Waals surface area (Å²) < 4.78 is 0. The number of hydrogen-bond acceptors (Lipinski definition) is 0. The molecule has 1 aliphatic carbocycles. The summed E-state index contributed by atoms with van der Waals surface area (Å²) in [7, 11) is 0. The van der Waals surface area contributed by atoms with E-state index in [1.54, 1.807) is 0 Å². The molecule has 1 rings (SSSR count). The van der Waals surface area contributed by atoms with Crippen molar-refractivity contribution in [1.29, 1.82) is 0 Å². The van der Waals surface area contributed by atoms with Crippen molar-refractivity contribution in [3.8, 4) is 0 Å². The molecular formula is C16H30. The first-order valence-corrected chi connectivity index (χ1v) is 7.25. The van der Waals surface area contributed by atoms with E-state index in [2.05, 4.69) is 34.1 Å². The fourth-order valence-corrected chi connectivity index (χ4v) is 3.15. The summed E-state index contributed by atoms with van der Waals surface area (Å²) in [6, 6.07) is 0. The molecule has 0 aromatic heterocycles. The predicted molar refractivity (Wildman–Crippen MR) is 73.0 cm³/mol. The molecule has 0 heteroatoms. The average Bonchev–Trinajstić information content (AvgIpc) is 2.42. The summed E-state index contributed by atoms with van der Waals surface area (Å²) in [5, 5.41) is 0. The Hall–Kier alpha value is 0. The van der Waals surface area contributed by atoms with Gasteiger partial charge in [0, 0.05) is 0 Å². The van der Waals surface area contributed by atoms with E-state index < -0.39 is 0 Å². The fraction of sp³-hybridized carbons (Fsp3) is 0.875. The Balaban J connectivity index is 2.37. The van der Waals surface area contributed by atoms with Gasteiger partial charge in [-0.1, -0.05) is 59.8 Å². The van der Waals surface area contributed by atoms with E-state index >= 15 is 0 Å². The molecule has 1 fully saturated rings. The van der Waals surface area contributed by atoms with Crippen LogP contribution in [0.4, 0.5) is 0 Å². The summed E-state index contributed by atoms with van der Waals surface area (Å²) in [5.41, 5.74) is 0.517. The highest BCUT2D eigenvalue weighted by molar-refractivity contribution is 4.93. The number of rotatable bonds is 5. The van der Waals surface area contributed by atoms with Crippen molar-refractivity contribution in [1.82, 2.24) is 0 Å². The maximum absolute atomic E-state index is 4.21. The van der Waals surface area contributed by atoms with Gasteiger partial charge in [0.15, 0.2) is 0 Å². The van der Waals surface area contributed by atoms with Crippen molar-refractivity contribution in [3.63, 3.8) is 0 Å². The minimum Gasteiger partial charge on any atom is -0.0651 e. The molecule has 2 atom stereocenters. The summed E-state index contributed by atoms with van der Waals surface area (Å²) in [6.45, 7) is 11.3. The molecule has 0 heterocycles. The largest absolute Gasteiger partial charge is 0.0651 e. The van der Waals surface area contributed by atoms with E-state index in [9.17, 15) is 0 Å². The summed E-state index contributed by atoms with van der Waals surface area (Å²) in [6.07, 6.45) is 13.7. The van der Waals surface area contributed by atoms with E-state index in [1.165, 1.54) is 51.4 Å². The zero-order valence-electron chi connectivity index (χ0n) is 11.6. The monoisotopic (exact) mass is 222 g/mol. The molecular weight excluding hydrogens is 192 g/mol. The molecule has 1 saturated carbocycles. The van der Waals surface area contributed by atoms with Crippen LogP contribution in [0.2, 0.25) is 0 Å². The molecule has 0 amide bonds. The topological polar surface area (TPSA) is 0 Å². The third kappa shape index (κ3) is 4.89. The maximum atomic E-state index is 4.21. The van der Waals surface area contributed by atoms with Crippen LogP contribution in [-0.4, -0.2) is 0 Å². The highest BCUT2D eigenvalue weighted by atomic mass is 14.3. The molecule has 2 unspecified atom stereocenters. The molecule has 0 aromatic rings. The van der Waals surface area contributed by atoms with Gasteiger partial charge in [-0.2, -0.15) is 0 Å². The number of hydrogen-bond donors (Lipinski definition) is 0. The van der Waals surface area contributed by atoms with Gasteiger partial charge in [-0.3, -0.25) is 0 Å². The third-order valence-electron chi connectivity index (χ3n) is 4.22. The standard InChI is InChI=1S/C16H30/c1-5-14(2)12-15(3)13-16(4)10-8-6-7-9-11-16/h13-15H,2,5-12H2,1,3-4H3. The first kappa shape index (κ1) is 14.1. The molecule has 0 aromatic carbocycles. The highest BCUT2D eigenvalue weighted by Crippen LogP contribution is 2.40. The average molecular weight is 222 g/mol. The molecule has 0 nitrogen and oxygen atoms in total. The van der Waals surface area contributed by atoms with Gasteiger partial charge < -0.3 is 0 Å². The van der Waals surface area contributed by atoms with Gasteiger partial charge in [-0.05, 0) is 42.9 Å². The molecule has 0 aliphatic heterocycles. The minimum absolute atomic E-state index is 0.517. The second-order valence-corrected chi connectivity index (χ2v) is 6.22. The molecule has 16 heavy (non-hydrogen) atoms. The van der Waals surface area contributed by atoms with Gasteiger partial charge in [0.2, 0.25) is 0 Å². The van der Waals surface area contributed by atoms with E-state index in [-0.39, 0.29) is 0 Å². The van der Waals surface area contributed by atoms with Crippen LogP contribution in [-0.2, 0) is 0 Å². The van der Waals surface area contributed by atoms with Gasteiger partial charge in [0.25, 0.3) is 0 Å². The van der Waals surface area contributed by atoms with Crippen LogP contribution in [0.1, 0.15) is 72.1 Å². The Labute approximate surface area is 103 Å². The van der Waals surface area contributed by atoms with Crippen molar-refractivity contribution in [2.24, 2.45) is 17.3 Å². The van der Waals surface area contributed by atoms with Crippen molar-refractivity contribution in [3.05, 3.63) is 13.3 Å². The van der Waals surface area contributed by atoms with Gasteiger partial charge >= 0.3 is 0 Å². The second kappa shape index (κ2) is 6.67. The van der Waals surface area contributed by atoms with E-state index in [1.807, 2.05) is 0 Å². The molecule has 0 spiro atoms. The highest BCUT2D eigenvalue weighted by Gasteiger charge is 2.28. The van der Waals surface area contributed by atoms with Crippen LogP contribution in [0.5, 0.6) is 0 Å². The van der Waals surface area contributed by atoms with Crippen LogP contribution in [0, 0.1) is 30.6 Å².